The van der Waals surface area contributed by atoms with E-state index in [2.05, 4.69) is 21.3 Å². The maximum Gasteiger partial charge on any atom is 0.113 e. The molecule has 0 radical (unpaired) electrons. The van der Waals surface area contributed by atoms with Gasteiger partial charge in [0.25, 0.3) is 0 Å². The van der Waals surface area contributed by atoms with E-state index >= 15 is 0 Å². The molecule has 0 N–H and O–H groups in total. The van der Waals surface area contributed by atoms with Crippen molar-refractivity contribution < 1.29 is 4.74 Å². The molecule has 120 valence electrons. The molecule has 0 amide bonds. The summed E-state index contributed by atoms with van der Waals surface area (Å²) in [5.41, 5.74) is 2.13. The Hall–Kier alpha value is -1.46. The third kappa shape index (κ3) is 3.84. The molecule has 1 aliphatic heterocycles. The largest absolute Gasteiger partial charge is 0.384 e. The van der Waals surface area contributed by atoms with Crippen molar-refractivity contribution in [2.45, 2.75) is 32.2 Å². The van der Waals surface area contributed by atoms with Crippen LogP contribution in [0, 0.1) is 5.92 Å². The summed E-state index contributed by atoms with van der Waals surface area (Å²) >= 11 is 0. The normalized spacial score (nSPS) is 17.3. The average molecular weight is 302 g/mol. The number of likely N-dealkylation sites (tertiary alicyclic amines) is 1. The number of ether oxygens (including phenoxy) is 1. The standard InChI is InChI=1S/C17H26N4O/c1-22-14-15-8-12-20(13-9-15)10-4-5-11-21-17-7-3-2-6-16(17)18-19-21/h2-3,6-7,15H,4-5,8-14H2,1H3. The number of nitrogens with zero attached hydrogens (tertiary/aromatic N) is 4. The second-order valence-electron chi connectivity index (χ2n) is 6.25. The minimum absolute atomic E-state index is 0.766. The highest BCUT2D eigenvalue weighted by Crippen LogP contribution is 2.17. The summed E-state index contributed by atoms with van der Waals surface area (Å²) in [5.74, 6) is 0.766. The van der Waals surface area contributed by atoms with Crippen molar-refractivity contribution in [3.05, 3.63) is 24.3 Å². The third-order valence-electron chi connectivity index (χ3n) is 4.62. The smallest absolute Gasteiger partial charge is 0.113 e. The molecule has 5 heteroatoms. The molecule has 22 heavy (non-hydrogen) atoms. The molecule has 0 unspecified atom stereocenters. The predicted molar refractivity (Wildman–Crippen MR) is 87.8 cm³/mol. The van der Waals surface area contributed by atoms with Gasteiger partial charge in [0.05, 0.1) is 5.52 Å². The van der Waals surface area contributed by atoms with Gasteiger partial charge in [0.1, 0.15) is 5.52 Å². The van der Waals surface area contributed by atoms with Crippen LogP contribution >= 0.6 is 0 Å². The van der Waals surface area contributed by atoms with E-state index in [9.17, 15) is 0 Å². The van der Waals surface area contributed by atoms with Gasteiger partial charge in [0.15, 0.2) is 0 Å². The number of aromatic nitrogens is 3. The SMILES string of the molecule is COCC1CCN(CCCCn2nnc3ccccc32)CC1. The number of rotatable bonds is 7. The lowest BCUT2D eigenvalue weighted by Crippen LogP contribution is -2.35. The molecule has 0 spiro atoms. The molecular weight excluding hydrogens is 276 g/mol. The van der Waals surface area contributed by atoms with Crippen LogP contribution in [0.4, 0.5) is 0 Å². The summed E-state index contributed by atoms with van der Waals surface area (Å²) in [5, 5.41) is 8.45. The summed E-state index contributed by atoms with van der Waals surface area (Å²) in [7, 11) is 1.81. The van der Waals surface area contributed by atoms with Gasteiger partial charge < -0.3 is 9.64 Å². The number of methoxy groups -OCH3 is 1. The van der Waals surface area contributed by atoms with Gasteiger partial charge in [-0.25, -0.2) is 4.68 Å². The first-order chi connectivity index (χ1) is 10.9. The Morgan fingerprint density at radius 2 is 1.91 bits per heavy atom. The van der Waals surface area contributed by atoms with Gasteiger partial charge >= 0.3 is 0 Å². The fourth-order valence-electron chi connectivity index (χ4n) is 3.29. The van der Waals surface area contributed by atoms with E-state index in [1.807, 2.05) is 22.9 Å². The molecule has 1 saturated heterocycles. The van der Waals surface area contributed by atoms with Crippen molar-refractivity contribution in [3.8, 4) is 0 Å². The van der Waals surface area contributed by atoms with Crippen LogP contribution in [-0.4, -0.2) is 53.2 Å². The number of unbranched alkanes of at least 4 members (excludes halogenated alkanes) is 1. The Balaban J connectivity index is 1.37. The topological polar surface area (TPSA) is 43.2 Å². The number of hydrogen-bond donors (Lipinski definition) is 0. The summed E-state index contributed by atoms with van der Waals surface area (Å²) < 4.78 is 7.29. The van der Waals surface area contributed by atoms with Gasteiger partial charge in [-0.3, -0.25) is 0 Å². The van der Waals surface area contributed by atoms with Gasteiger partial charge in [0, 0.05) is 20.3 Å². The Morgan fingerprint density at radius 1 is 1.14 bits per heavy atom. The minimum Gasteiger partial charge on any atom is -0.384 e. The van der Waals surface area contributed by atoms with Gasteiger partial charge in [0.2, 0.25) is 0 Å². The lowest BCUT2D eigenvalue weighted by molar-refractivity contribution is 0.0987. The lowest BCUT2D eigenvalue weighted by Gasteiger charge is -2.31. The van der Waals surface area contributed by atoms with E-state index in [4.69, 9.17) is 4.74 Å². The number of fused-ring (bicyclic) bond motifs is 1. The highest BCUT2D eigenvalue weighted by atomic mass is 16.5. The quantitative estimate of drug-likeness (QED) is 0.737. The summed E-state index contributed by atoms with van der Waals surface area (Å²) in [6.07, 6.45) is 4.94. The van der Waals surface area contributed by atoms with E-state index in [1.165, 1.54) is 38.9 Å². The molecule has 0 atom stereocenters. The Labute approximate surface area is 132 Å². The molecule has 2 heterocycles. The number of para-hydroxylation sites is 1. The van der Waals surface area contributed by atoms with Gasteiger partial charge in [-0.2, -0.15) is 0 Å². The molecule has 2 aromatic rings. The van der Waals surface area contributed by atoms with Gasteiger partial charge in [-0.15, -0.1) is 5.10 Å². The number of aryl methyl sites for hydroxylation is 1. The average Bonchev–Trinajstić information content (AvgIpc) is 2.97. The van der Waals surface area contributed by atoms with Crippen molar-refractivity contribution in [1.29, 1.82) is 0 Å². The molecule has 0 aliphatic carbocycles. The third-order valence-corrected chi connectivity index (χ3v) is 4.62. The van der Waals surface area contributed by atoms with Crippen molar-refractivity contribution in [1.82, 2.24) is 19.9 Å². The lowest BCUT2D eigenvalue weighted by atomic mass is 9.98. The molecule has 5 nitrogen and oxygen atoms in total. The minimum atomic E-state index is 0.766. The molecule has 1 fully saturated rings. The summed E-state index contributed by atoms with van der Waals surface area (Å²) in [6, 6.07) is 8.17. The highest BCUT2D eigenvalue weighted by molar-refractivity contribution is 5.73. The summed E-state index contributed by atoms with van der Waals surface area (Å²) in [4.78, 5) is 2.59. The van der Waals surface area contributed by atoms with Crippen molar-refractivity contribution in [3.63, 3.8) is 0 Å². The van der Waals surface area contributed by atoms with Crippen molar-refractivity contribution in [2.24, 2.45) is 5.92 Å². The zero-order valence-corrected chi connectivity index (χ0v) is 13.4. The van der Waals surface area contributed by atoms with Crippen LogP contribution < -0.4 is 0 Å². The van der Waals surface area contributed by atoms with Gasteiger partial charge in [-0.1, -0.05) is 17.3 Å². The van der Waals surface area contributed by atoms with Crippen molar-refractivity contribution >= 4 is 11.0 Å². The fraction of sp³-hybridized carbons (Fsp3) is 0.647. The Kier molecular flexibility index (Phi) is 5.40. The molecular formula is C17H26N4O. The second-order valence-corrected chi connectivity index (χ2v) is 6.25. The van der Waals surface area contributed by atoms with E-state index in [0.717, 1.165) is 36.5 Å². The molecule has 1 aliphatic rings. The molecule has 1 aromatic carbocycles. The fourth-order valence-corrected chi connectivity index (χ4v) is 3.29. The van der Waals surface area contributed by atoms with Crippen LogP contribution in [-0.2, 0) is 11.3 Å². The highest BCUT2D eigenvalue weighted by Gasteiger charge is 2.18. The maximum absolute atomic E-state index is 5.26. The number of benzene rings is 1. The molecule has 1 aromatic heterocycles. The summed E-state index contributed by atoms with van der Waals surface area (Å²) in [6.45, 7) is 5.53. The van der Waals surface area contributed by atoms with Crippen LogP contribution in [0.1, 0.15) is 25.7 Å². The first-order valence-corrected chi connectivity index (χ1v) is 8.36. The van der Waals surface area contributed by atoms with Gasteiger partial charge in [-0.05, 0) is 63.4 Å². The van der Waals surface area contributed by atoms with Crippen LogP contribution in [0.2, 0.25) is 0 Å². The second kappa shape index (κ2) is 7.70. The van der Waals surface area contributed by atoms with Crippen LogP contribution in [0.3, 0.4) is 0 Å². The molecule has 3 rings (SSSR count). The van der Waals surface area contributed by atoms with Crippen molar-refractivity contribution in [2.75, 3.05) is 33.4 Å². The van der Waals surface area contributed by atoms with E-state index < -0.39 is 0 Å². The zero-order chi connectivity index (χ0) is 15.2. The van der Waals surface area contributed by atoms with E-state index in [1.54, 1.807) is 7.11 Å². The Morgan fingerprint density at radius 3 is 2.73 bits per heavy atom. The molecule has 0 bridgehead atoms. The predicted octanol–water partition coefficient (Wildman–Crippen LogP) is 2.57. The number of hydrogen-bond acceptors (Lipinski definition) is 4. The molecule has 0 saturated carbocycles. The van der Waals surface area contributed by atoms with Crippen LogP contribution in [0.5, 0.6) is 0 Å². The monoisotopic (exact) mass is 302 g/mol. The van der Waals surface area contributed by atoms with E-state index in [0.29, 0.717) is 0 Å². The zero-order valence-electron chi connectivity index (χ0n) is 13.4. The van der Waals surface area contributed by atoms with Crippen LogP contribution in [0.15, 0.2) is 24.3 Å². The Bertz CT molecular complexity index is 575. The number of piperidine rings is 1. The maximum atomic E-state index is 5.26. The van der Waals surface area contributed by atoms with E-state index in [-0.39, 0.29) is 0 Å². The first kappa shape index (κ1) is 15.4. The first-order valence-electron chi connectivity index (χ1n) is 8.36. The van der Waals surface area contributed by atoms with Crippen LogP contribution in [0.25, 0.3) is 11.0 Å².